The predicted octanol–water partition coefficient (Wildman–Crippen LogP) is 2.94. The fourth-order valence-corrected chi connectivity index (χ4v) is 1.49. The molecule has 0 saturated heterocycles. The summed E-state index contributed by atoms with van der Waals surface area (Å²) < 4.78 is 18.8. The van der Waals surface area contributed by atoms with Crippen LogP contribution in [0.15, 0.2) is 36.4 Å². The maximum Gasteiger partial charge on any atom is 0.150 e. The molecule has 0 amide bonds. The fraction of sp³-hybridized carbons (Fsp3) is 0. The summed E-state index contributed by atoms with van der Waals surface area (Å²) in [6, 6.07) is 12.1. The smallest absolute Gasteiger partial charge is 0.150 e. The van der Waals surface area contributed by atoms with Crippen molar-refractivity contribution in [3.05, 3.63) is 53.3 Å². The van der Waals surface area contributed by atoms with E-state index in [0.29, 0.717) is 11.3 Å². The SMILES string of the molecule is N#Cc1ccc(Oc2ccc(C#N)c(F)c2)c(N)c1. The van der Waals surface area contributed by atoms with Crippen molar-refractivity contribution in [3.8, 4) is 23.6 Å². The summed E-state index contributed by atoms with van der Waals surface area (Å²) in [7, 11) is 0. The molecule has 0 fully saturated rings. The highest BCUT2D eigenvalue weighted by molar-refractivity contribution is 5.57. The Kier molecular flexibility index (Phi) is 3.31. The molecule has 0 atom stereocenters. The third-order valence-electron chi connectivity index (χ3n) is 2.43. The number of hydrogen-bond donors (Lipinski definition) is 1. The zero-order valence-corrected chi connectivity index (χ0v) is 9.72. The highest BCUT2D eigenvalue weighted by atomic mass is 19.1. The number of ether oxygens (including phenoxy) is 1. The third kappa shape index (κ3) is 2.62. The molecule has 0 radical (unpaired) electrons. The topological polar surface area (TPSA) is 82.8 Å². The molecule has 0 heterocycles. The van der Waals surface area contributed by atoms with E-state index in [1.54, 1.807) is 12.1 Å². The van der Waals surface area contributed by atoms with Crippen LogP contribution in [0.5, 0.6) is 11.5 Å². The lowest BCUT2D eigenvalue weighted by molar-refractivity contribution is 0.478. The highest BCUT2D eigenvalue weighted by Crippen LogP contribution is 2.28. The lowest BCUT2D eigenvalue weighted by Crippen LogP contribution is -1.94. The second kappa shape index (κ2) is 5.07. The van der Waals surface area contributed by atoms with E-state index in [1.807, 2.05) is 6.07 Å². The van der Waals surface area contributed by atoms with E-state index in [0.717, 1.165) is 6.07 Å². The number of benzene rings is 2. The van der Waals surface area contributed by atoms with Crippen molar-refractivity contribution in [1.82, 2.24) is 0 Å². The Hall–Kier alpha value is -3.05. The molecular formula is C14H8FN3O. The molecule has 0 bridgehead atoms. The summed E-state index contributed by atoms with van der Waals surface area (Å²) in [5.74, 6) is -0.108. The number of halogens is 1. The van der Waals surface area contributed by atoms with Gasteiger partial charge in [0.05, 0.1) is 22.9 Å². The lowest BCUT2D eigenvalue weighted by atomic mass is 10.2. The maximum absolute atomic E-state index is 13.4. The number of nitrogen functional groups attached to an aromatic ring is 1. The van der Waals surface area contributed by atoms with Gasteiger partial charge in [-0.3, -0.25) is 0 Å². The van der Waals surface area contributed by atoms with E-state index in [-0.39, 0.29) is 17.0 Å². The van der Waals surface area contributed by atoms with Gasteiger partial charge >= 0.3 is 0 Å². The second-order valence-electron chi connectivity index (χ2n) is 3.72. The standard InChI is InChI=1S/C14H8FN3O/c15-12-6-11(3-2-10(12)8-17)19-14-4-1-9(7-16)5-13(14)18/h1-6H,18H2. The Morgan fingerprint density at radius 2 is 1.84 bits per heavy atom. The molecule has 5 heteroatoms. The van der Waals surface area contributed by atoms with Crippen LogP contribution in [0.3, 0.4) is 0 Å². The van der Waals surface area contributed by atoms with E-state index in [1.165, 1.54) is 24.3 Å². The van der Waals surface area contributed by atoms with E-state index < -0.39 is 5.82 Å². The number of nitriles is 2. The van der Waals surface area contributed by atoms with Crippen LogP contribution in [0.1, 0.15) is 11.1 Å². The fourth-order valence-electron chi connectivity index (χ4n) is 1.49. The Balaban J connectivity index is 2.30. The average Bonchev–Trinajstić information content (AvgIpc) is 2.41. The Morgan fingerprint density at radius 3 is 2.42 bits per heavy atom. The summed E-state index contributed by atoms with van der Waals surface area (Å²) in [5, 5.41) is 17.3. The Morgan fingerprint density at radius 1 is 1.05 bits per heavy atom. The molecule has 0 spiro atoms. The van der Waals surface area contributed by atoms with Gasteiger partial charge in [0, 0.05) is 6.07 Å². The highest BCUT2D eigenvalue weighted by Gasteiger charge is 2.07. The largest absolute Gasteiger partial charge is 0.455 e. The van der Waals surface area contributed by atoms with Crippen LogP contribution in [0, 0.1) is 28.5 Å². The second-order valence-corrected chi connectivity index (χ2v) is 3.72. The summed E-state index contributed by atoms with van der Waals surface area (Å²) in [6.45, 7) is 0. The first-order valence-electron chi connectivity index (χ1n) is 5.31. The molecular weight excluding hydrogens is 245 g/mol. The average molecular weight is 253 g/mol. The zero-order valence-electron chi connectivity index (χ0n) is 9.72. The number of nitrogens with two attached hydrogens (primary N) is 1. The van der Waals surface area contributed by atoms with Crippen molar-refractivity contribution in [2.45, 2.75) is 0 Å². The molecule has 0 unspecified atom stereocenters. The molecule has 4 nitrogen and oxygen atoms in total. The van der Waals surface area contributed by atoms with Crippen LogP contribution in [-0.4, -0.2) is 0 Å². The Labute approximate surface area is 109 Å². The van der Waals surface area contributed by atoms with Crippen LogP contribution in [0.2, 0.25) is 0 Å². The molecule has 0 saturated carbocycles. The molecule has 2 aromatic rings. The van der Waals surface area contributed by atoms with Crippen molar-refractivity contribution in [2.75, 3.05) is 5.73 Å². The zero-order chi connectivity index (χ0) is 13.8. The van der Waals surface area contributed by atoms with Gasteiger partial charge in [-0.15, -0.1) is 0 Å². The molecule has 2 rings (SSSR count). The van der Waals surface area contributed by atoms with Gasteiger partial charge in [0.25, 0.3) is 0 Å². The molecule has 0 aliphatic rings. The molecule has 2 N–H and O–H groups in total. The predicted molar refractivity (Wildman–Crippen MR) is 66.8 cm³/mol. The third-order valence-corrected chi connectivity index (χ3v) is 2.43. The monoisotopic (exact) mass is 253 g/mol. The minimum absolute atomic E-state index is 0.0554. The van der Waals surface area contributed by atoms with Crippen molar-refractivity contribution in [2.24, 2.45) is 0 Å². The minimum atomic E-state index is -0.660. The van der Waals surface area contributed by atoms with Crippen molar-refractivity contribution in [1.29, 1.82) is 10.5 Å². The number of rotatable bonds is 2. The van der Waals surface area contributed by atoms with E-state index in [2.05, 4.69) is 0 Å². The quantitative estimate of drug-likeness (QED) is 0.834. The first-order valence-corrected chi connectivity index (χ1v) is 5.31. The summed E-state index contributed by atoms with van der Waals surface area (Å²) in [4.78, 5) is 0. The van der Waals surface area contributed by atoms with Crippen molar-refractivity contribution in [3.63, 3.8) is 0 Å². The van der Waals surface area contributed by atoms with Crippen LogP contribution in [0.25, 0.3) is 0 Å². The Bertz CT molecular complexity index is 714. The van der Waals surface area contributed by atoms with Gasteiger partial charge in [-0.05, 0) is 30.3 Å². The van der Waals surface area contributed by atoms with Gasteiger partial charge in [-0.1, -0.05) is 0 Å². The van der Waals surface area contributed by atoms with Crippen LogP contribution in [-0.2, 0) is 0 Å². The van der Waals surface area contributed by atoms with Crippen molar-refractivity contribution >= 4 is 5.69 Å². The number of nitrogens with zero attached hydrogens (tertiary/aromatic N) is 2. The van der Waals surface area contributed by atoms with Gasteiger partial charge in [0.2, 0.25) is 0 Å². The first kappa shape index (κ1) is 12.4. The number of anilines is 1. The molecule has 0 aromatic heterocycles. The van der Waals surface area contributed by atoms with Gasteiger partial charge in [-0.25, -0.2) is 4.39 Å². The van der Waals surface area contributed by atoms with E-state index >= 15 is 0 Å². The van der Waals surface area contributed by atoms with Crippen molar-refractivity contribution < 1.29 is 9.13 Å². The molecule has 19 heavy (non-hydrogen) atoms. The molecule has 0 aliphatic heterocycles. The molecule has 92 valence electrons. The van der Waals surface area contributed by atoms with Gasteiger partial charge < -0.3 is 10.5 Å². The van der Waals surface area contributed by atoms with E-state index in [9.17, 15) is 4.39 Å². The summed E-state index contributed by atoms with van der Waals surface area (Å²) in [6.07, 6.45) is 0. The normalized spacial score (nSPS) is 9.42. The summed E-state index contributed by atoms with van der Waals surface area (Å²) >= 11 is 0. The molecule has 0 aliphatic carbocycles. The minimum Gasteiger partial charge on any atom is -0.455 e. The molecule has 2 aromatic carbocycles. The van der Waals surface area contributed by atoms with Crippen LogP contribution >= 0.6 is 0 Å². The van der Waals surface area contributed by atoms with Gasteiger partial charge in [-0.2, -0.15) is 10.5 Å². The van der Waals surface area contributed by atoms with Gasteiger partial charge in [0.15, 0.2) is 0 Å². The lowest BCUT2D eigenvalue weighted by Gasteiger charge is -2.08. The number of hydrogen-bond acceptors (Lipinski definition) is 4. The van der Waals surface area contributed by atoms with E-state index in [4.69, 9.17) is 21.0 Å². The van der Waals surface area contributed by atoms with Crippen LogP contribution < -0.4 is 10.5 Å². The maximum atomic E-state index is 13.4. The summed E-state index contributed by atoms with van der Waals surface area (Å²) in [5.41, 5.74) is 6.36. The van der Waals surface area contributed by atoms with Gasteiger partial charge in [0.1, 0.15) is 23.4 Å². The van der Waals surface area contributed by atoms with Crippen LogP contribution in [0.4, 0.5) is 10.1 Å². The first-order chi connectivity index (χ1) is 9.13.